The molecule has 1 aromatic carbocycles. The quantitative estimate of drug-likeness (QED) is 0.847. The van der Waals surface area contributed by atoms with Gasteiger partial charge >= 0.3 is 0 Å². The van der Waals surface area contributed by atoms with Gasteiger partial charge in [-0.3, -0.25) is 4.90 Å². The molecule has 1 aliphatic rings. The third kappa shape index (κ3) is 2.97. The summed E-state index contributed by atoms with van der Waals surface area (Å²) in [5, 5.41) is 9.21. The Morgan fingerprint density at radius 2 is 2.12 bits per heavy atom. The van der Waals surface area contributed by atoms with E-state index in [1.807, 2.05) is 12.1 Å². The molecule has 0 spiro atoms. The summed E-state index contributed by atoms with van der Waals surface area (Å²) in [7, 11) is 0. The zero-order chi connectivity index (χ0) is 11.4. The molecular weight excluding hydrogens is 202 g/mol. The normalized spacial score (nSPS) is 22.2. The molecule has 16 heavy (non-hydrogen) atoms. The van der Waals surface area contributed by atoms with Gasteiger partial charge in [0.05, 0.1) is 12.7 Å². The molecule has 1 fully saturated rings. The lowest BCUT2D eigenvalue weighted by molar-refractivity contribution is -0.0324. The van der Waals surface area contributed by atoms with Crippen LogP contribution in [0.3, 0.4) is 0 Å². The fourth-order valence-corrected chi connectivity index (χ4v) is 2.03. The highest BCUT2D eigenvalue weighted by Crippen LogP contribution is 2.14. The Labute approximate surface area is 96.6 Å². The summed E-state index contributed by atoms with van der Waals surface area (Å²) in [6, 6.07) is 7.44. The highest BCUT2D eigenvalue weighted by Gasteiger charge is 2.18. The van der Waals surface area contributed by atoms with Gasteiger partial charge in [-0.05, 0) is 24.1 Å². The van der Waals surface area contributed by atoms with Gasteiger partial charge in [0, 0.05) is 19.6 Å². The maximum Gasteiger partial charge on any atom is 0.115 e. The van der Waals surface area contributed by atoms with Gasteiger partial charge in [-0.25, -0.2) is 0 Å². The van der Waals surface area contributed by atoms with E-state index in [4.69, 9.17) is 4.74 Å². The molecule has 0 amide bonds. The van der Waals surface area contributed by atoms with E-state index in [1.165, 1.54) is 5.56 Å². The fourth-order valence-electron chi connectivity index (χ4n) is 2.03. The van der Waals surface area contributed by atoms with Crippen molar-refractivity contribution in [2.75, 3.05) is 19.7 Å². The van der Waals surface area contributed by atoms with E-state index in [1.54, 1.807) is 12.1 Å². The molecule has 1 aromatic rings. The Hall–Kier alpha value is -1.06. The largest absolute Gasteiger partial charge is 0.508 e. The number of hydrogen-bond donors (Lipinski definition) is 1. The molecule has 0 bridgehead atoms. The summed E-state index contributed by atoms with van der Waals surface area (Å²) in [4.78, 5) is 2.41. The summed E-state index contributed by atoms with van der Waals surface area (Å²) in [5.74, 6) is 0.331. The molecule has 0 aliphatic carbocycles. The van der Waals surface area contributed by atoms with Gasteiger partial charge in [0.25, 0.3) is 0 Å². The first-order valence-corrected chi connectivity index (χ1v) is 5.90. The van der Waals surface area contributed by atoms with Crippen molar-refractivity contribution in [3.63, 3.8) is 0 Å². The smallest absolute Gasteiger partial charge is 0.115 e. The van der Waals surface area contributed by atoms with E-state index in [0.29, 0.717) is 11.9 Å². The van der Waals surface area contributed by atoms with Gasteiger partial charge in [0.15, 0.2) is 0 Å². The highest BCUT2D eigenvalue weighted by molar-refractivity contribution is 5.25. The molecule has 0 aromatic heterocycles. The van der Waals surface area contributed by atoms with Crippen molar-refractivity contribution in [3.8, 4) is 5.75 Å². The Morgan fingerprint density at radius 1 is 1.38 bits per heavy atom. The van der Waals surface area contributed by atoms with E-state index >= 15 is 0 Å². The summed E-state index contributed by atoms with van der Waals surface area (Å²) in [6.07, 6.45) is 1.46. The Balaban J connectivity index is 1.91. The maximum absolute atomic E-state index is 9.21. The molecule has 1 aliphatic heterocycles. The molecule has 3 nitrogen and oxygen atoms in total. The minimum atomic E-state index is 0.331. The second-order valence-corrected chi connectivity index (χ2v) is 4.30. The van der Waals surface area contributed by atoms with Crippen LogP contribution in [-0.4, -0.2) is 35.8 Å². The molecule has 1 heterocycles. The summed E-state index contributed by atoms with van der Waals surface area (Å²) < 4.78 is 5.63. The monoisotopic (exact) mass is 221 g/mol. The summed E-state index contributed by atoms with van der Waals surface area (Å²) >= 11 is 0. The van der Waals surface area contributed by atoms with Crippen LogP contribution in [0.2, 0.25) is 0 Å². The number of ether oxygens (including phenoxy) is 1. The predicted molar refractivity (Wildman–Crippen MR) is 63.4 cm³/mol. The van der Waals surface area contributed by atoms with E-state index in [-0.39, 0.29) is 0 Å². The van der Waals surface area contributed by atoms with E-state index in [2.05, 4.69) is 11.8 Å². The Morgan fingerprint density at radius 3 is 2.81 bits per heavy atom. The average molecular weight is 221 g/mol. The molecule has 3 heteroatoms. The molecule has 1 N–H and O–H groups in total. The molecule has 0 saturated carbocycles. The lowest BCUT2D eigenvalue weighted by Gasteiger charge is -2.32. The van der Waals surface area contributed by atoms with Crippen molar-refractivity contribution in [2.24, 2.45) is 0 Å². The van der Waals surface area contributed by atoms with E-state index in [0.717, 1.165) is 32.7 Å². The lowest BCUT2D eigenvalue weighted by atomic mass is 10.1. The standard InChI is InChI=1S/C13H19NO2/c1-2-13-10-14(7-8-16-13)9-11-3-5-12(15)6-4-11/h3-6,13,15H,2,7-10H2,1H3. The molecular formula is C13H19NO2. The third-order valence-corrected chi connectivity index (χ3v) is 3.02. The Kier molecular flexibility index (Phi) is 3.80. The second kappa shape index (κ2) is 5.32. The molecule has 88 valence electrons. The first-order chi connectivity index (χ1) is 7.78. The van der Waals surface area contributed by atoms with Gasteiger partial charge in [-0.15, -0.1) is 0 Å². The zero-order valence-electron chi connectivity index (χ0n) is 9.72. The van der Waals surface area contributed by atoms with Gasteiger partial charge in [0.2, 0.25) is 0 Å². The highest BCUT2D eigenvalue weighted by atomic mass is 16.5. The van der Waals surface area contributed by atoms with Crippen molar-refractivity contribution in [2.45, 2.75) is 26.0 Å². The van der Waals surface area contributed by atoms with Crippen LogP contribution >= 0.6 is 0 Å². The Bertz CT molecular complexity index is 323. The lowest BCUT2D eigenvalue weighted by Crippen LogP contribution is -2.41. The number of phenolic OH excluding ortho intramolecular Hbond substituents is 1. The predicted octanol–water partition coefficient (Wildman–Crippen LogP) is 2.00. The van der Waals surface area contributed by atoms with Crippen molar-refractivity contribution in [1.82, 2.24) is 4.90 Å². The van der Waals surface area contributed by atoms with Crippen molar-refractivity contribution < 1.29 is 9.84 Å². The summed E-state index contributed by atoms with van der Waals surface area (Å²) in [6.45, 7) is 5.94. The number of rotatable bonds is 3. The van der Waals surface area contributed by atoms with Gasteiger partial charge < -0.3 is 9.84 Å². The number of hydrogen-bond acceptors (Lipinski definition) is 3. The first-order valence-electron chi connectivity index (χ1n) is 5.90. The van der Waals surface area contributed by atoms with Crippen LogP contribution in [0, 0.1) is 0 Å². The van der Waals surface area contributed by atoms with Crippen LogP contribution < -0.4 is 0 Å². The molecule has 1 saturated heterocycles. The van der Waals surface area contributed by atoms with Crippen LogP contribution in [-0.2, 0) is 11.3 Å². The number of phenols is 1. The molecule has 1 atom stereocenters. The first kappa shape index (κ1) is 11.4. The van der Waals surface area contributed by atoms with Crippen LogP contribution in [0.5, 0.6) is 5.75 Å². The van der Waals surface area contributed by atoms with Crippen molar-refractivity contribution in [1.29, 1.82) is 0 Å². The summed E-state index contributed by atoms with van der Waals surface area (Å²) in [5.41, 5.74) is 1.24. The maximum atomic E-state index is 9.21. The van der Waals surface area contributed by atoms with Crippen LogP contribution in [0.15, 0.2) is 24.3 Å². The molecule has 1 unspecified atom stereocenters. The number of morpholine rings is 1. The van der Waals surface area contributed by atoms with Crippen molar-refractivity contribution >= 4 is 0 Å². The van der Waals surface area contributed by atoms with Crippen LogP contribution in [0.4, 0.5) is 0 Å². The average Bonchev–Trinajstić information content (AvgIpc) is 2.32. The van der Waals surface area contributed by atoms with Crippen LogP contribution in [0.1, 0.15) is 18.9 Å². The van der Waals surface area contributed by atoms with Crippen molar-refractivity contribution in [3.05, 3.63) is 29.8 Å². The zero-order valence-corrected chi connectivity index (χ0v) is 9.72. The van der Waals surface area contributed by atoms with Gasteiger partial charge in [-0.1, -0.05) is 19.1 Å². The minimum absolute atomic E-state index is 0.331. The van der Waals surface area contributed by atoms with Crippen LogP contribution in [0.25, 0.3) is 0 Å². The SMILES string of the molecule is CCC1CN(Cc2ccc(O)cc2)CCO1. The molecule has 0 radical (unpaired) electrons. The third-order valence-electron chi connectivity index (χ3n) is 3.02. The topological polar surface area (TPSA) is 32.7 Å². The van der Waals surface area contributed by atoms with Gasteiger partial charge in [-0.2, -0.15) is 0 Å². The number of aromatic hydroxyl groups is 1. The van der Waals surface area contributed by atoms with E-state index < -0.39 is 0 Å². The number of nitrogens with zero attached hydrogens (tertiary/aromatic N) is 1. The second-order valence-electron chi connectivity index (χ2n) is 4.30. The molecule has 2 rings (SSSR count). The van der Waals surface area contributed by atoms with Gasteiger partial charge in [0.1, 0.15) is 5.75 Å². The number of benzene rings is 1. The minimum Gasteiger partial charge on any atom is -0.508 e. The fraction of sp³-hybridized carbons (Fsp3) is 0.538. The van der Waals surface area contributed by atoms with E-state index in [9.17, 15) is 5.11 Å².